The van der Waals surface area contributed by atoms with Gasteiger partial charge in [0.1, 0.15) is 0 Å². The molecule has 0 unspecified atom stereocenters. The molecule has 0 aliphatic carbocycles. The Morgan fingerprint density at radius 3 is 2.71 bits per heavy atom. The molecular weight excluding hydrogens is 356 g/mol. The molecule has 120 valence electrons. The molecule has 0 bridgehead atoms. The van der Waals surface area contributed by atoms with Crippen LogP contribution >= 0.6 is 15.9 Å². The van der Waals surface area contributed by atoms with Gasteiger partial charge in [0.15, 0.2) is 0 Å². The number of rotatable bonds is 10. The second-order valence-electron chi connectivity index (χ2n) is 4.64. The molecule has 0 heterocycles. The van der Waals surface area contributed by atoms with Gasteiger partial charge < -0.3 is 10.1 Å². The lowest BCUT2D eigenvalue weighted by Gasteiger charge is -2.10. The van der Waals surface area contributed by atoms with Crippen molar-refractivity contribution >= 4 is 26.0 Å². The van der Waals surface area contributed by atoms with Crippen LogP contribution in [-0.2, 0) is 21.3 Å². The van der Waals surface area contributed by atoms with Crippen LogP contribution in [-0.4, -0.2) is 35.2 Å². The summed E-state index contributed by atoms with van der Waals surface area (Å²) in [7, 11) is -1.86. The van der Waals surface area contributed by atoms with Crippen LogP contribution in [0.25, 0.3) is 0 Å². The fourth-order valence-corrected chi connectivity index (χ4v) is 3.87. The molecule has 0 radical (unpaired) electrons. The molecular formula is C14H23BrN2O3S. The Morgan fingerprint density at radius 1 is 1.29 bits per heavy atom. The largest absolute Gasteiger partial charge is 0.385 e. The average molecular weight is 379 g/mol. The van der Waals surface area contributed by atoms with Crippen molar-refractivity contribution in [2.45, 2.75) is 31.2 Å². The summed E-state index contributed by atoms with van der Waals surface area (Å²) in [6.07, 6.45) is 1.59. The normalized spacial score (nSPS) is 11.8. The van der Waals surface area contributed by atoms with Crippen molar-refractivity contribution in [2.75, 3.05) is 26.8 Å². The number of hydrogen-bond donors (Lipinski definition) is 2. The van der Waals surface area contributed by atoms with E-state index in [2.05, 4.69) is 26.0 Å². The lowest BCUT2D eigenvalue weighted by molar-refractivity contribution is 0.193. The minimum absolute atomic E-state index is 0.282. The first kappa shape index (κ1) is 18.6. The maximum Gasteiger partial charge on any atom is 0.241 e. The molecule has 2 N–H and O–H groups in total. The van der Waals surface area contributed by atoms with Crippen LogP contribution in [0, 0.1) is 0 Å². The third kappa shape index (κ3) is 6.44. The maximum atomic E-state index is 12.3. The number of methoxy groups -OCH3 is 1. The van der Waals surface area contributed by atoms with E-state index in [1.807, 2.05) is 13.0 Å². The van der Waals surface area contributed by atoms with Crippen molar-refractivity contribution in [1.29, 1.82) is 0 Å². The molecule has 7 heteroatoms. The van der Waals surface area contributed by atoms with Gasteiger partial charge in [0, 0.05) is 31.3 Å². The molecule has 1 aromatic rings. The SMILES string of the molecule is CCNCc1ccc(Br)c(S(=O)(=O)NCCCCOC)c1. The van der Waals surface area contributed by atoms with Gasteiger partial charge in [-0.1, -0.05) is 13.0 Å². The lowest BCUT2D eigenvalue weighted by Crippen LogP contribution is -2.25. The Kier molecular flexibility index (Phi) is 8.43. The van der Waals surface area contributed by atoms with E-state index in [9.17, 15) is 8.42 Å². The van der Waals surface area contributed by atoms with Crippen molar-refractivity contribution in [3.63, 3.8) is 0 Å². The van der Waals surface area contributed by atoms with Crippen molar-refractivity contribution in [1.82, 2.24) is 10.0 Å². The summed E-state index contributed by atoms with van der Waals surface area (Å²) in [5, 5.41) is 3.18. The van der Waals surface area contributed by atoms with Gasteiger partial charge in [-0.3, -0.25) is 0 Å². The van der Waals surface area contributed by atoms with Crippen LogP contribution in [0.5, 0.6) is 0 Å². The fraction of sp³-hybridized carbons (Fsp3) is 0.571. The first-order chi connectivity index (χ1) is 10.0. The third-order valence-electron chi connectivity index (χ3n) is 2.93. The van der Waals surface area contributed by atoms with Crippen LogP contribution in [0.15, 0.2) is 27.6 Å². The summed E-state index contributed by atoms with van der Waals surface area (Å²) in [6, 6.07) is 5.38. The monoisotopic (exact) mass is 378 g/mol. The third-order valence-corrected chi connectivity index (χ3v) is 5.39. The number of nitrogens with one attached hydrogen (secondary N) is 2. The Hall–Kier alpha value is -0.470. The van der Waals surface area contributed by atoms with Gasteiger partial charge in [-0.25, -0.2) is 13.1 Å². The molecule has 0 saturated heterocycles. The second-order valence-corrected chi connectivity index (χ2v) is 7.23. The summed E-state index contributed by atoms with van der Waals surface area (Å²) < 4.78 is 32.8. The Balaban J connectivity index is 2.72. The zero-order valence-corrected chi connectivity index (χ0v) is 14.9. The Bertz CT molecular complexity index is 535. The van der Waals surface area contributed by atoms with Crippen LogP contribution in [0.4, 0.5) is 0 Å². The van der Waals surface area contributed by atoms with Gasteiger partial charge in [-0.2, -0.15) is 0 Å². The zero-order valence-electron chi connectivity index (χ0n) is 12.5. The van der Waals surface area contributed by atoms with E-state index in [4.69, 9.17) is 4.74 Å². The van der Waals surface area contributed by atoms with Crippen molar-refractivity contribution in [2.24, 2.45) is 0 Å². The van der Waals surface area contributed by atoms with Gasteiger partial charge in [0.25, 0.3) is 0 Å². The fourth-order valence-electron chi connectivity index (χ4n) is 1.79. The summed E-state index contributed by atoms with van der Waals surface area (Å²) in [5.74, 6) is 0. The summed E-state index contributed by atoms with van der Waals surface area (Å²) in [6.45, 7) is 4.56. The van der Waals surface area contributed by atoms with Gasteiger partial charge in [0.2, 0.25) is 10.0 Å². The lowest BCUT2D eigenvalue weighted by atomic mass is 10.2. The van der Waals surface area contributed by atoms with Crippen molar-refractivity contribution in [3.8, 4) is 0 Å². The van der Waals surface area contributed by atoms with E-state index in [-0.39, 0.29) is 4.90 Å². The molecule has 0 aliphatic rings. The van der Waals surface area contributed by atoms with E-state index in [0.29, 0.717) is 24.2 Å². The highest BCUT2D eigenvalue weighted by molar-refractivity contribution is 9.10. The summed E-state index contributed by atoms with van der Waals surface area (Å²) in [5.41, 5.74) is 0.944. The predicted octanol–water partition coefficient (Wildman–Crippen LogP) is 2.26. The molecule has 1 rings (SSSR count). The van der Waals surface area contributed by atoms with E-state index in [1.165, 1.54) is 0 Å². The van der Waals surface area contributed by atoms with Crippen LogP contribution in [0.2, 0.25) is 0 Å². The number of benzene rings is 1. The van der Waals surface area contributed by atoms with Crippen LogP contribution < -0.4 is 10.0 Å². The smallest absolute Gasteiger partial charge is 0.241 e. The van der Waals surface area contributed by atoms with E-state index in [0.717, 1.165) is 24.9 Å². The van der Waals surface area contributed by atoms with Crippen molar-refractivity contribution < 1.29 is 13.2 Å². The van der Waals surface area contributed by atoms with Gasteiger partial charge >= 0.3 is 0 Å². The number of sulfonamides is 1. The number of unbranched alkanes of at least 4 members (excludes halogenated alkanes) is 1. The average Bonchev–Trinajstić information content (AvgIpc) is 2.46. The van der Waals surface area contributed by atoms with Crippen LogP contribution in [0.3, 0.4) is 0 Å². The highest BCUT2D eigenvalue weighted by Crippen LogP contribution is 2.23. The molecule has 0 spiro atoms. The maximum absolute atomic E-state index is 12.3. The van der Waals surface area contributed by atoms with Gasteiger partial charge in [-0.05, 0) is 53.0 Å². The van der Waals surface area contributed by atoms with Gasteiger partial charge in [-0.15, -0.1) is 0 Å². The quantitative estimate of drug-likeness (QED) is 0.612. The van der Waals surface area contributed by atoms with Crippen LogP contribution in [0.1, 0.15) is 25.3 Å². The predicted molar refractivity (Wildman–Crippen MR) is 87.8 cm³/mol. The molecule has 0 amide bonds. The standard InChI is InChI=1S/C14H23BrN2O3S/c1-3-16-11-12-6-7-13(15)14(10-12)21(18,19)17-8-4-5-9-20-2/h6-7,10,16-17H,3-5,8-9,11H2,1-2H3. The van der Waals surface area contributed by atoms with E-state index >= 15 is 0 Å². The first-order valence-electron chi connectivity index (χ1n) is 6.99. The number of hydrogen-bond acceptors (Lipinski definition) is 4. The molecule has 5 nitrogen and oxygen atoms in total. The molecule has 0 saturated carbocycles. The zero-order chi connectivity index (χ0) is 15.7. The molecule has 0 fully saturated rings. The number of ether oxygens (including phenoxy) is 1. The first-order valence-corrected chi connectivity index (χ1v) is 9.26. The van der Waals surface area contributed by atoms with Crippen molar-refractivity contribution in [3.05, 3.63) is 28.2 Å². The molecule has 0 aliphatic heterocycles. The van der Waals surface area contributed by atoms with Gasteiger partial charge in [0.05, 0.1) is 4.90 Å². The Morgan fingerprint density at radius 2 is 2.05 bits per heavy atom. The molecule has 1 aromatic carbocycles. The van der Waals surface area contributed by atoms with E-state index in [1.54, 1.807) is 19.2 Å². The topological polar surface area (TPSA) is 67.4 Å². The summed E-state index contributed by atoms with van der Waals surface area (Å²) in [4.78, 5) is 0.282. The highest BCUT2D eigenvalue weighted by atomic mass is 79.9. The Labute approximate surface area is 135 Å². The minimum Gasteiger partial charge on any atom is -0.385 e. The minimum atomic E-state index is -3.49. The van der Waals surface area contributed by atoms with E-state index < -0.39 is 10.0 Å². The second kappa shape index (κ2) is 9.53. The molecule has 0 atom stereocenters. The summed E-state index contributed by atoms with van der Waals surface area (Å²) >= 11 is 3.31. The number of halogens is 1. The molecule has 21 heavy (non-hydrogen) atoms. The molecule has 0 aromatic heterocycles. The highest BCUT2D eigenvalue weighted by Gasteiger charge is 2.17.